The average molecular weight is 332 g/mol. The highest BCUT2D eigenvalue weighted by Crippen LogP contribution is 2.35. The van der Waals surface area contributed by atoms with E-state index >= 15 is 0 Å². The lowest BCUT2D eigenvalue weighted by Crippen LogP contribution is -2.52. The fourth-order valence-corrected chi connectivity index (χ4v) is 3.06. The van der Waals surface area contributed by atoms with Gasteiger partial charge in [0, 0.05) is 13.2 Å². The number of hydrogen-bond acceptors (Lipinski definition) is 4. The smallest absolute Gasteiger partial charge is 0.268 e. The molecule has 0 saturated carbocycles. The fraction of sp³-hybridized carbons (Fsp3) is 0.556. The molecule has 2 unspecified atom stereocenters. The number of carbonyl (C=O) groups excluding carboxylic acids is 2. The molecular formula is C18H24N2O4. The highest BCUT2D eigenvalue weighted by molar-refractivity contribution is 6.03. The second-order valence-corrected chi connectivity index (χ2v) is 6.61. The van der Waals surface area contributed by atoms with Crippen LogP contribution in [0.3, 0.4) is 0 Å². The largest absolute Gasteiger partial charge is 0.478 e. The number of benzene rings is 1. The van der Waals surface area contributed by atoms with Gasteiger partial charge in [-0.15, -0.1) is 0 Å². The van der Waals surface area contributed by atoms with Crippen LogP contribution in [-0.4, -0.2) is 43.7 Å². The second kappa shape index (κ2) is 7.21. The Bertz CT molecular complexity index is 611. The van der Waals surface area contributed by atoms with Crippen molar-refractivity contribution in [3.63, 3.8) is 0 Å². The molecule has 1 aromatic carbocycles. The Morgan fingerprint density at radius 3 is 2.88 bits per heavy atom. The molecule has 0 bridgehead atoms. The maximum Gasteiger partial charge on any atom is 0.268 e. The number of para-hydroxylation sites is 2. The summed E-state index contributed by atoms with van der Waals surface area (Å²) in [5.74, 6) is 0.319. The number of nitrogens with zero attached hydrogens (tertiary/aromatic N) is 1. The molecular weight excluding hydrogens is 308 g/mol. The summed E-state index contributed by atoms with van der Waals surface area (Å²) in [7, 11) is 0. The van der Waals surface area contributed by atoms with Crippen molar-refractivity contribution < 1.29 is 19.1 Å². The van der Waals surface area contributed by atoms with Gasteiger partial charge in [-0.25, -0.2) is 0 Å². The average Bonchev–Trinajstić information content (AvgIpc) is 3.08. The third kappa shape index (κ3) is 3.53. The number of nitrogens with one attached hydrogen (secondary N) is 1. The minimum Gasteiger partial charge on any atom is -0.478 e. The minimum absolute atomic E-state index is 0.00481. The Morgan fingerprint density at radius 1 is 1.38 bits per heavy atom. The van der Waals surface area contributed by atoms with Gasteiger partial charge < -0.3 is 14.8 Å². The number of fused-ring (bicyclic) bond motifs is 1. The third-order valence-electron chi connectivity index (χ3n) is 4.38. The normalized spacial score (nSPS) is 23.1. The predicted molar refractivity (Wildman–Crippen MR) is 90.0 cm³/mol. The first-order valence-electron chi connectivity index (χ1n) is 8.51. The number of carbonyl (C=O) groups is 2. The Labute approximate surface area is 142 Å². The molecule has 2 atom stereocenters. The first-order chi connectivity index (χ1) is 11.6. The summed E-state index contributed by atoms with van der Waals surface area (Å²) in [5.41, 5.74) is 0.645. The Morgan fingerprint density at radius 2 is 2.17 bits per heavy atom. The van der Waals surface area contributed by atoms with Crippen LogP contribution < -0.4 is 15.0 Å². The zero-order valence-corrected chi connectivity index (χ0v) is 14.2. The molecule has 1 aromatic rings. The molecule has 2 aliphatic heterocycles. The second-order valence-electron chi connectivity index (χ2n) is 6.61. The van der Waals surface area contributed by atoms with Crippen molar-refractivity contribution in [2.24, 2.45) is 5.92 Å². The molecule has 0 radical (unpaired) electrons. The molecule has 6 heteroatoms. The van der Waals surface area contributed by atoms with E-state index in [-0.39, 0.29) is 30.4 Å². The van der Waals surface area contributed by atoms with Crippen LogP contribution >= 0.6 is 0 Å². The SMILES string of the molecule is CC(C)C1Oc2ccccc2N(CC(=O)NCC2CCCO2)C1=O. The molecule has 0 spiro atoms. The molecule has 6 nitrogen and oxygen atoms in total. The Kier molecular flexibility index (Phi) is 5.04. The fourth-order valence-electron chi connectivity index (χ4n) is 3.06. The number of amides is 2. The van der Waals surface area contributed by atoms with E-state index in [0.717, 1.165) is 19.4 Å². The number of ether oxygens (including phenoxy) is 2. The molecule has 2 amide bonds. The summed E-state index contributed by atoms with van der Waals surface area (Å²) in [6.07, 6.45) is 1.52. The lowest BCUT2D eigenvalue weighted by Gasteiger charge is -2.35. The molecule has 0 aliphatic carbocycles. The van der Waals surface area contributed by atoms with E-state index in [1.54, 1.807) is 6.07 Å². The van der Waals surface area contributed by atoms with Crippen molar-refractivity contribution in [3.05, 3.63) is 24.3 Å². The van der Waals surface area contributed by atoms with Gasteiger partial charge in [0.1, 0.15) is 12.3 Å². The maximum atomic E-state index is 12.7. The molecule has 130 valence electrons. The van der Waals surface area contributed by atoms with Crippen molar-refractivity contribution in [3.8, 4) is 5.75 Å². The zero-order chi connectivity index (χ0) is 17.1. The molecule has 1 fully saturated rings. The molecule has 24 heavy (non-hydrogen) atoms. The molecule has 3 rings (SSSR count). The van der Waals surface area contributed by atoms with Gasteiger partial charge in [0.15, 0.2) is 6.10 Å². The van der Waals surface area contributed by atoms with E-state index in [1.807, 2.05) is 32.0 Å². The van der Waals surface area contributed by atoms with Gasteiger partial charge in [0.25, 0.3) is 5.91 Å². The predicted octanol–water partition coefficient (Wildman–Crippen LogP) is 1.73. The summed E-state index contributed by atoms with van der Waals surface area (Å²) in [6, 6.07) is 7.33. The van der Waals surface area contributed by atoms with Crippen molar-refractivity contribution in [2.75, 3.05) is 24.6 Å². The summed E-state index contributed by atoms with van der Waals surface area (Å²) in [6.45, 7) is 5.12. The molecule has 2 heterocycles. The van der Waals surface area contributed by atoms with E-state index in [0.29, 0.717) is 18.0 Å². The van der Waals surface area contributed by atoms with E-state index in [1.165, 1.54) is 4.90 Å². The van der Waals surface area contributed by atoms with E-state index < -0.39 is 6.10 Å². The third-order valence-corrected chi connectivity index (χ3v) is 4.38. The molecule has 1 N–H and O–H groups in total. The van der Waals surface area contributed by atoms with Gasteiger partial charge in [-0.2, -0.15) is 0 Å². The van der Waals surface area contributed by atoms with E-state index in [9.17, 15) is 9.59 Å². The van der Waals surface area contributed by atoms with Crippen LogP contribution in [0, 0.1) is 5.92 Å². The zero-order valence-electron chi connectivity index (χ0n) is 14.2. The number of anilines is 1. The Hall–Kier alpha value is -2.08. The molecule has 0 aromatic heterocycles. The minimum atomic E-state index is -0.564. The topological polar surface area (TPSA) is 67.9 Å². The summed E-state index contributed by atoms with van der Waals surface area (Å²) < 4.78 is 11.3. The van der Waals surface area contributed by atoms with E-state index in [2.05, 4.69) is 5.32 Å². The van der Waals surface area contributed by atoms with Gasteiger partial charge in [-0.1, -0.05) is 26.0 Å². The lowest BCUT2D eigenvalue weighted by atomic mass is 10.0. The quantitative estimate of drug-likeness (QED) is 0.892. The highest BCUT2D eigenvalue weighted by atomic mass is 16.5. The van der Waals surface area contributed by atoms with Gasteiger partial charge in [-0.05, 0) is 30.9 Å². The van der Waals surface area contributed by atoms with Crippen LogP contribution in [0.2, 0.25) is 0 Å². The summed E-state index contributed by atoms with van der Waals surface area (Å²) in [5, 5.41) is 2.87. The van der Waals surface area contributed by atoms with Gasteiger partial charge in [0.2, 0.25) is 5.91 Å². The molecule has 2 aliphatic rings. The van der Waals surface area contributed by atoms with Crippen molar-refractivity contribution in [1.82, 2.24) is 5.32 Å². The first-order valence-corrected chi connectivity index (χ1v) is 8.51. The summed E-state index contributed by atoms with van der Waals surface area (Å²) >= 11 is 0. The van der Waals surface area contributed by atoms with Crippen LogP contribution in [0.4, 0.5) is 5.69 Å². The van der Waals surface area contributed by atoms with Gasteiger partial charge in [0.05, 0.1) is 11.8 Å². The van der Waals surface area contributed by atoms with Crippen molar-refractivity contribution in [1.29, 1.82) is 0 Å². The van der Waals surface area contributed by atoms with Crippen LogP contribution in [0.15, 0.2) is 24.3 Å². The van der Waals surface area contributed by atoms with E-state index in [4.69, 9.17) is 9.47 Å². The van der Waals surface area contributed by atoms with Crippen LogP contribution in [0.1, 0.15) is 26.7 Å². The van der Waals surface area contributed by atoms with Crippen LogP contribution in [0.25, 0.3) is 0 Å². The van der Waals surface area contributed by atoms with Crippen LogP contribution in [0.5, 0.6) is 5.75 Å². The maximum absolute atomic E-state index is 12.7. The van der Waals surface area contributed by atoms with Gasteiger partial charge >= 0.3 is 0 Å². The van der Waals surface area contributed by atoms with Crippen LogP contribution in [-0.2, 0) is 14.3 Å². The standard InChI is InChI=1S/C18H24N2O4/c1-12(2)17-18(22)20(14-7-3-4-8-15(14)24-17)11-16(21)19-10-13-6-5-9-23-13/h3-4,7-8,12-13,17H,5-6,9-11H2,1-2H3,(H,19,21). The van der Waals surface area contributed by atoms with Crippen molar-refractivity contribution in [2.45, 2.75) is 38.9 Å². The van der Waals surface area contributed by atoms with Gasteiger partial charge in [-0.3, -0.25) is 14.5 Å². The number of hydrogen-bond donors (Lipinski definition) is 1. The monoisotopic (exact) mass is 332 g/mol. The van der Waals surface area contributed by atoms with Crippen molar-refractivity contribution >= 4 is 17.5 Å². The Balaban J connectivity index is 1.70. The first kappa shape index (κ1) is 16.8. The molecule has 1 saturated heterocycles. The highest BCUT2D eigenvalue weighted by Gasteiger charge is 2.37. The lowest BCUT2D eigenvalue weighted by molar-refractivity contribution is -0.130. The summed E-state index contributed by atoms with van der Waals surface area (Å²) in [4.78, 5) is 26.5. The number of rotatable bonds is 5.